The number of halogens is 1. The zero-order valence-corrected chi connectivity index (χ0v) is 15.5. The standard InChI is InChI=1S/C22H21FO4/c1-13(2)18-11-19-16(10-22(25)27-20(19)7-14(18)3)12-26-21(24)9-15-5-4-6-17(23)8-15/h4-8,10-11,13H,9,12H2,1-3H3. The van der Waals surface area contributed by atoms with Crippen molar-refractivity contribution in [3.8, 4) is 0 Å². The van der Waals surface area contributed by atoms with E-state index in [0.717, 1.165) is 16.5 Å². The molecule has 0 aliphatic carbocycles. The number of carbonyl (C=O) groups excluding carboxylic acids is 1. The van der Waals surface area contributed by atoms with Gasteiger partial charge in [0.05, 0.1) is 6.42 Å². The Hall–Kier alpha value is -2.95. The third-order valence-corrected chi connectivity index (χ3v) is 4.46. The van der Waals surface area contributed by atoms with Gasteiger partial charge in [0, 0.05) is 17.0 Å². The van der Waals surface area contributed by atoms with Crippen molar-refractivity contribution in [2.75, 3.05) is 0 Å². The molecule has 5 heteroatoms. The Balaban J connectivity index is 1.84. The highest BCUT2D eigenvalue weighted by Gasteiger charge is 2.13. The highest BCUT2D eigenvalue weighted by atomic mass is 19.1. The highest BCUT2D eigenvalue weighted by Crippen LogP contribution is 2.27. The predicted octanol–water partition coefficient (Wildman–Crippen LogP) is 4.65. The van der Waals surface area contributed by atoms with E-state index in [-0.39, 0.29) is 13.0 Å². The summed E-state index contributed by atoms with van der Waals surface area (Å²) in [6, 6.07) is 11.0. The maximum absolute atomic E-state index is 13.2. The average molecular weight is 368 g/mol. The molecule has 0 spiro atoms. The van der Waals surface area contributed by atoms with Crippen molar-refractivity contribution in [3.05, 3.63) is 81.0 Å². The fraction of sp³-hybridized carbons (Fsp3) is 0.273. The molecule has 140 valence electrons. The number of esters is 1. The lowest BCUT2D eigenvalue weighted by atomic mass is 9.95. The molecule has 0 aliphatic heterocycles. The summed E-state index contributed by atoms with van der Waals surface area (Å²) < 4.78 is 23.8. The van der Waals surface area contributed by atoms with Gasteiger partial charge in [0.2, 0.25) is 0 Å². The van der Waals surface area contributed by atoms with Gasteiger partial charge in [-0.25, -0.2) is 9.18 Å². The minimum absolute atomic E-state index is 0.0342. The maximum Gasteiger partial charge on any atom is 0.336 e. The van der Waals surface area contributed by atoms with Gasteiger partial charge >= 0.3 is 11.6 Å². The van der Waals surface area contributed by atoms with Crippen LogP contribution in [0.25, 0.3) is 11.0 Å². The predicted molar refractivity (Wildman–Crippen MR) is 101 cm³/mol. The topological polar surface area (TPSA) is 56.5 Å². The maximum atomic E-state index is 13.2. The molecule has 0 fully saturated rings. The van der Waals surface area contributed by atoms with Crippen molar-refractivity contribution < 1.29 is 18.3 Å². The first kappa shape index (κ1) is 18.8. The van der Waals surface area contributed by atoms with Crippen LogP contribution in [0, 0.1) is 12.7 Å². The highest BCUT2D eigenvalue weighted by molar-refractivity contribution is 5.82. The number of fused-ring (bicyclic) bond motifs is 1. The molecule has 1 aromatic heterocycles. The van der Waals surface area contributed by atoms with Crippen LogP contribution in [0.15, 0.2) is 51.7 Å². The van der Waals surface area contributed by atoms with Gasteiger partial charge in [0.25, 0.3) is 0 Å². The van der Waals surface area contributed by atoms with E-state index in [1.165, 1.54) is 18.2 Å². The fourth-order valence-electron chi connectivity index (χ4n) is 3.16. The molecule has 1 heterocycles. The zero-order valence-electron chi connectivity index (χ0n) is 15.5. The third-order valence-electron chi connectivity index (χ3n) is 4.46. The van der Waals surface area contributed by atoms with Crippen molar-refractivity contribution >= 4 is 16.9 Å². The van der Waals surface area contributed by atoms with Gasteiger partial charge in [-0.05, 0) is 53.8 Å². The second kappa shape index (κ2) is 7.74. The van der Waals surface area contributed by atoms with Crippen LogP contribution in [0.2, 0.25) is 0 Å². The summed E-state index contributed by atoms with van der Waals surface area (Å²) >= 11 is 0. The van der Waals surface area contributed by atoms with Crippen LogP contribution >= 0.6 is 0 Å². The monoisotopic (exact) mass is 368 g/mol. The molecular formula is C22H21FO4. The molecule has 27 heavy (non-hydrogen) atoms. The van der Waals surface area contributed by atoms with Gasteiger partial charge in [0.15, 0.2) is 0 Å². The van der Waals surface area contributed by atoms with E-state index >= 15 is 0 Å². The molecule has 0 bridgehead atoms. The summed E-state index contributed by atoms with van der Waals surface area (Å²) in [7, 11) is 0. The first-order valence-electron chi connectivity index (χ1n) is 8.81. The Morgan fingerprint density at radius 2 is 1.96 bits per heavy atom. The number of benzene rings is 2. The number of aryl methyl sites for hydroxylation is 1. The van der Waals surface area contributed by atoms with Crippen LogP contribution in [0.5, 0.6) is 0 Å². The van der Waals surface area contributed by atoms with E-state index in [2.05, 4.69) is 13.8 Å². The molecule has 2 aromatic carbocycles. The summed E-state index contributed by atoms with van der Waals surface area (Å²) in [5.41, 5.74) is 3.30. The van der Waals surface area contributed by atoms with E-state index in [1.807, 2.05) is 19.1 Å². The second-order valence-corrected chi connectivity index (χ2v) is 6.92. The van der Waals surface area contributed by atoms with Gasteiger partial charge in [-0.15, -0.1) is 0 Å². The minimum Gasteiger partial charge on any atom is -0.461 e. The Bertz CT molecular complexity index is 1050. The number of rotatable bonds is 5. The summed E-state index contributed by atoms with van der Waals surface area (Å²) in [6.45, 7) is 6.11. The van der Waals surface area contributed by atoms with Crippen molar-refractivity contribution in [2.45, 2.75) is 39.7 Å². The molecule has 0 atom stereocenters. The van der Waals surface area contributed by atoms with E-state index in [0.29, 0.717) is 22.6 Å². The summed E-state index contributed by atoms with van der Waals surface area (Å²) in [5, 5.41) is 0.752. The molecule has 3 aromatic rings. The molecule has 0 aliphatic rings. The van der Waals surface area contributed by atoms with Crippen LogP contribution in [0.3, 0.4) is 0 Å². The Morgan fingerprint density at radius 1 is 1.19 bits per heavy atom. The van der Waals surface area contributed by atoms with Gasteiger partial charge in [0.1, 0.15) is 18.0 Å². The first-order valence-corrected chi connectivity index (χ1v) is 8.81. The van der Waals surface area contributed by atoms with Crippen LogP contribution in [0.1, 0.15) is 42.0 Å². The largest absolute Gasteiger partial charge is 0.461 e. The molecular weight excluding hydrogens is 347 g/mol. The molecule has 0 radical (unpaired) electrons. The summed E-state index contributed by atoms with van der Waals surface area (Å²) in [6.07, 6.45) is -0.0342. The van der Waals surface area contributed by atoms with Crippen LogP contribution in [-0.4, -0.2) is 5.97 Å². The fourth-order valence-corrected chi connectivity index (χ4v) is 3.16. The van der Waals surface area contributed by atoms with Crippen LogP contribution < -0.4 is 5.63 Å². The molecule has 4 nitrogen and oxygen atoms in total. The molecule has 0 saturated carbocycles. The summed E-state index contributed by atoms with van der Waals surface area (Å²) in [4.78, 5) is 24.0. The van der Waals surface area contributed by atoms with E-state index < -0.39 is 17.4 Å². The minimum atomic E-state index is -0.490. The Morgan fingerprint density at radius 3 is 2.67 bits per heavy atom. The second-order valence-electron chi connectivity index (χ2n) is 6.92. The quantitative estimate of drug-likeness (QED) is 0.486. The third kappa shape index (κ3) is 4.42. The van der Waals surface area contributed by atoms with Gasteiger partial charge in [-0.3, -0.25) is 4.79 Å². The zero-order chi connectivity index (χ0) is 19.6. The van der Waals surface area contributed by atoms with E-state index in [9.17, 15) is 14.0 Å². The van der Waals surface area contributed by atoms with Crippen molar-refractivity contribution in [1.29, 1.82) is 0 Å². The number of hydrogen-bond donors (Lipinski definition) is 0. The van der Waals surface area contributed by atoms with Crippen molar-refractivity contribution in [3.63, 3.8) is 0 Å². The van der Waals surface area contributed by atoms with Crippen LogP contribution in [0.4, 0.5) is 4.39 Å². The van der Waals surface area contributed by atoms with E-state index in [1.54, 1.807) is 12.1 Å². The van der Waals surface area contributed by atoms with E-state index in [4.69, 9.17) is 9.15 Å². The van der Waals surface area contributed by atoms with Gasteiger partial charge < -0.3 is 9.15 Å². The molecule has 3 rings (SSSR count). The first-order chi connectivity index (χ1) is 12.8. The lowest BCUT2D eigenvalue weighted by Crippen LogP contribution is -2.10. The number of hydrogen-bond acceptors (Lipinski definition) is 4. The van der Waals surface area contributed by atoms with Crippen molar-refractivity contribution in [2.24, 2.45) is 0 Å². The molecule has 0 saturated heterocycles. The Kier molecular flexibility index (Phi) is 5.40. The smallest absolute Gasteiger partial charge is 0.336 e. The average Bonchev–Trinajstić information content (AvgIpc) is 2.58. The number of carbonyl (C=O) groups is 1. The van der Waals surface area contributed by atoms with Crippen LogP contribution in [-0.2, 0) is 22.6 Å². The molecule has 0 N–H and O–H groups in total. The Labute approximate surface area is 156 Å². The lowest BCUT2D eigenvalue weighted by molar-refractivity contribution is -0.144. The SMILES string of the molecule is Cc1cc2oc(=O)cc(COC(=O)Cc3cccc(F)c3)c2cc1C(C)C. The van der Waals surface area contributed by atoms with Gasteiger partial charge in [-0.1, -0.05) is 26.0 Å². The summed E-state index contributed by atoms with van der Waals surface area (Å²) in [5.74, 6) is -0.577. The molecule has 0 unspecified atom stereocenters. The van der Waals surface area contributed by atoms with Gasteiger partial charge in [-0.2, -0.15) is 0 Å². The lowest BCUT2D eigenvalue weighted by Gasteiger charge is -2.13. The number of ether oxygens (including phenoxy) is 1. The molecule has 0 amide bonds. The normalized spacial score (nSPS) is 11.1. The van der Waals surface area contributed by atoms with Crippen molar-refractivity contribution in [1.82, 2.24) is 0 Å².